The molecule has 0 saturated carbocycles. The van der Waals surface area contributed by atoms with Gasteiger partial charge in [0.1, 0.15) is 5.75 Å². The van der Waals surface area contributed by atoms with Crippen LogP contribution in [0.1, 0.15) is 10.9 Å². The van der Waals surface area contributed by atoms with E-state index < -0.39 is 10.0 Å². The zero-order valence-corrected chi connectivity index (χ0v) is 17.6. The molecule has 1 aliphatic rings. The van der Waals surface area contributed by atoms with Gasteiger partial charge in [0.05, 0.1) is 17.4 Å². The van der Waals surface area contributed by atoms with E-state index in [1.165, 1.54) is 0 Å². The average Bonchev–Trinajstić information content (AvgIpc) is 3.05. The first-order valence-corrected chi connectivity index (χ1v) is 11.2. The Morgan fingerprint density at radius 1 is 1.12 bits per heavy atom. The molecule has 1 saturated heterocycles. The van der Waals surface area contributed by atoms with Crippen molar-refractivity contribution in [2.24, 2.45) is 0 Å². The van der Waals surface area contributed by atoms with Crippen molar-refractivity contribution in [1.82, 2.24) is 4.31 Å². The molecule has 1 aliphatic heterocycles. The third kappa shape index (κ3) is 3.53. The van der Waals surface area contributed by atoms with Crippen LogP contribution in [0.4, 0.5) is 0 Å². The van der Waals surface area contributed by atoms with E-state index in [1.807, 2.05) is 18.2 Å². The van der Waals surface area contributed by atoms with Crippen molar-refractivity contribution in [3.05, 3.63) is 57.0 Å². The maximum atomic E-state index is 13.1. The Balaban J connectivity index is 2.02. The number of thioether (sulfide) groups is 1. The fourth-order valence-electron chi connectivity index (χ4n) is 2.59. The first-order chi connectivity index (χ1) is 11.4. The molecule has 128 valence electrons. The number of halogens is 2. The van der Waals surface area contributed by atoms with Crippen LogP contribution in [-0.2, 0) is 10.0 Å². The highest BCUT2D eigenvalue weighted by atomic mass is 79.9. The average molecular weight is 493 g/mol. The smallest absolute Gasteiger partial charge is 0.244 e. The van der Waals surface area contributed by atoms with E-state index in [1.54, 1.807) is 47.4 Å². The van der Waals surface area contributed by atoms with Gasteiger partial charge in [0.2, 0.25) is 10.0 Å². The molecule has 8 heteroatoms. The number of rotatable bonds is 4. The molecule has 0 aromatic heterocycles. The van der Waals surface area contributed by atoms with Crippen molar-refractivity contribution in [1.29, 1.82) is 0 Å². The van der Waals surface area contributed by atoms with E-state index in [2.05, 4.69) is 31.9 Å². The summed E-state index contributed by atoms with van der Waals surface area (Å²) in [5, 5.41) is -0.300. The van der Waals surface area contributed by atoms with Gasteiger partial charge in [-0.05, 0) is 42.5 Å². The highest BCUT2D eigenvalue weighted by molar-refractivity contribution is 9.10. The molecular weight excluding hydrogens is 478 g/mol. The van der Waals surface area contributed by atoms with Crippen molar-refractivity contribution in [3.63, 3.8) is 0 Å². The molecular formula is C16H15Br2NO3S2. The number of hydrogen-bond donors (Lipinski definition) is 0. The number of ether oxygens (including phenoxy) is 1. The van der Waals surface area contributed by atoms with Gasteiger partial charge in [-0.25, -0.2) is 8.42 Å². The first-order valence-electron chi connectivity index (χ1n) is 7.16. The molecule has 0 unspecified atom stereocenters. The summed E-state index contributed by atoms with van der Waals surface area (Å²) in [6.07, 6.45) is 0. The monoisotopic (exact) mass is 491 g/mol. The quantitative estimate of drug-likeness (QED) is 0.622. The largest absolute Gasteiger partial charge is 0.496 e. The normalized spacial score (nSPS) is 18.7. The molecule has 0 amide bonds. The maximum Gasteiger partial charge on any atom is 0.244 e. The molecule has 24 heavy (non-hydrogen) atoms. The summed E-state index contributed by atoms with van der Waals surface area (Å²) in [4.78, 5) is 0.298. The summed E-state index contributed by atoms with van der Waals surface area (Å²) in [5.74, 6) is 1.43. The fraction of sp³-hybridized carbons (Fsp3) is 0.250. The van der Waals surface area contributed by atoms with Crippen LogP contribution in [0, 0.1) is 0 Å². The summed E-state index contributed by atoms with van der Waals surface area (Å²) in [6.45, 7) is 0.476. The Bertz CT molecular complexity index is 841. The van der Waals surface area contributed by atoms with Crippen LogP contribution in [0.15, 0.2) is 56.3 Å². The van der Waals surface area contributed by atoms with Gasteiger partial charge in [-0.1, -0.05) is 31.9 Å². The Hall–Kier alpha value is -0.540. The van der Waals surface area contributed by atoms with E-state index in [4.69, 9.17) is 4.74 Å². The van der Waals surface area contributed by atoms with Crippen molar-refractivity contribution in [2.45, 2.75) is 10.3 Å². The Morgan fingerprint density at radius 3 is 2.46 bits per heavy atom. The van der Waals surface area contributed by atoms with Crippen LogP contribution in [0.25, 0.3) is 0 Å². The Kier molecular flexibility index (Phi) is 5.61. The van der Waals surface area contributed by atoms with E-state index in [-0.39, 0.29) is 5.37 Å². The molecule has 1 atom stereocenters. The van der Waals surface area contributed by atoms with Gasteiger partial charge in [-0.2, -0.15) is 4.31 Å². The van der Waals surface area contributed by atoms with Gasteiger partial charge in [0.15, 0.2) is 0 Å². The molecule has 0 aliphatic carbocycles. The second-order valence-corrected chi connectivity index (χ2v) is 10.1. The van der Waals surface area contributed by atoms with E-state index in [0.29, 0.717) is 17.2 Å². The van der Waals surface area contributed by atoms with Gasteiger partial charge < -0.3 is 4.74 Å². The summed E-state index contributed by atoms with van der Waals surface area (Å²) in [6, 6.07) is 12.4. The number of methoxy groups -OCH3 is 1. The van der Waals surface area contributed by atoms with Crippen LogP contribution in [-0.4, -0.2) is 32.1 Å². The minimum atomic E-state index is -3.57. The molecule has 2 aromatic carbocycles. The Labute approximate surface area is 162 Å². The Morgan fingerprint density at radius 2 is 1.79 bits per heavy atom. The van der Waals surface area contributed by atoms with Gasteiger partial charge in [0, 0.05) is 26.8 Å². The van der Waals surface area contributed by atoms with Gasteiger partial charge in [-0.15, -0.1) is 11.8 Å². The zero-order valence-electron chi connectivity index (χ0n) is 12.8. The van der Waals surface area contributed by atoms with Crippen molar-refractivity contribution < 1.29 is 13.2 Å². The number of sulfonamides is 1. The fourth-order valence-corrected chi connectivity index (χ4v) is 6.48. The molecule has 0 spiro atoms. The minimum absolute atomic E-state index is 0.298. The van der Waals surface area contributed by atoms with Crippen molar-refractivity contribution >= 4 is 53.6 Å². The summed E-state index contributed by atoms with van der Waals surface area (Å²) >= 11 is 8.40. The van der Waals surface area contributed by atoms with Crippen molar-refractivity contribution in [3.8, 4) is 5.75 Å². The second kappa shape index (κ2) is 7.37. The second-order valence-electron chi connectivity index (χ2n) is 5.18. The predicted octanol–water partition coefficient (Wildman–Crippen LogP) is 4.66. The van der Waals surface area contributed by atoms with Crippen molar-refractivity contribution in [2.75, 3.05) is 19.4 Å². The molecule has 0 N–H and O–H groups in total. The minimum Gasteiger partial charge on any atom is -0.496 e. The molecule has 2 aromatic rings. The first kappa shape index (κ1) is 18.3. The number of benzene rings is 2. The lowest BCUT2D eigenvalue weighted by molar-refractivity contribution is 0.390. The van der Waals surface area contributed by atoms with Crippen LogP contribution in [0.2, 0.25) is 0 Å². The highest BCUT2D eigenvalue weighted by Gasteiger charge is 2.38. The van der Waals surface area contributed by atoms with Crippen LogP contribution >= 0.6 is 43.6 Å². The third-order valence-electron chi connectivity index (χ3n) is 3.73. The highest BCUT2D eigenvalue weighted by Crippen LogP contribution is 2.45. The number of hydrogen-bond acceptors (Lipinski definition) is 4. The lowest BCUT2D eigenvalue weighted by Gasteiger charge is -2.25. The topological polar surface area (TPSA) is 46.6 Å². The summed E-state index contributed by atoms with van der Waals surface area (Å²) < 4.78 is 34.8. The predicted molar refractivity (Wildman–Crippen MR) is 104 cm³/mol. The SMILES string of the molecule is COc1ccc(Br)cc1[C@@H]1SCCN1S(=O)(=O)c1ccc(Br)cc1. The van der Waals surface area contributed by atoms with Gasteiger partial charge >= 0.3 is 0 Å². The summed E-state index contributed by atoms with van der Waals surface area (Å²) in [5.41, 5.74) is 0.857. The standard InChI is InChI=1S/C16H15Br2NO3S2/c1-22-15-7-4-12(18)10-14(15)16-19(8-9-23-16)24(20,21)13-5-2-11(17)3-6-13/h2-7,10,16H,8-9H2,1H3/t16-/m0/s1. The third-order valence-corrected chi connectivity index (χ3v) is 8.00. The summed E-state index contributed by atoms with van der Waals surface area (Å²) in [7, 11) is -1.97. The lowest BCUT2D eigenvalue weighted by atomic mass is 10.2. The van der Waals surface area contributed by atoms with Gasteiger partial charge in [-0.3, -0.25) is 0 Å². The molecule has 1 fully saturated rings. The molecule has 1 heterocycles. The van der Waals surface area contributed by atoms with E-state index in [0.717, 1.165) is 20.3 Å². The van der Waals surface area contributed by atoms with E-state index in [9.17, 15) is 8.42 Å². The molecule has 0 bridgehead atoms. The van der Waals surface area contributed by atoms with E-state index >= 15 is 0 Å². The molecule has 0 radical (unpaired) electrons. The van der Waals surface area contributed by atoms with Gasteiger partial charge in [0.25, 0.3) is 0 Å². The van der Waals surface area contributed by atoms with Crippen LogP contribution in [0.5, 0.6) is 5.75 Å². The molecule has 3 rings (SSSR count). The van der Waals surface area contributed by atoms with Crippen LogP contribution < -0.4 is 4.74 Å². The number of nitrogens with zero attached hydrogens (tertiary/aromatic N) is 1. The lowest BCUT2D eigenvalue weighted by Crippen LogP contribution is -2.30. The van der Waals surface area contributed by atoms with Crippen LogP contribution in [0.3, 0.4) is 0 Å². The molecule has 4 nitrogen and oxygen atoms in total. The maximum absolute atomic E-state index is 13.1. The zero-order chi connectivity index (χ0) is 17.3.